The van der Waals surface area contributed by atoms with Gasteiger partial charge in [0.2, 0.25) is 23.6 Å². The predicted molar refractivity (Wildman–Crippen MR) is 108 cm³/mol. The number of hydrogen-bond acceptors (Lipinski definition) is 8. The van der Waals surface area contributed by atoms with E-state index >= 15 is 0 Å². The number of carboxylic acids is 1. The quantitative estimate of drug-likeness (QED) is 0.139. The number of carbonyl (C=O) groups is 5. The Morgan fingerprint density at radius 1 is 1.10 bits per heavy atom. The first-order valence-corrected chi connectivity index (χ1v) is 10.1. The lowest BCUT2D eigenvalue weighted by molar-refractivity contribution is -0.144. The molecule has 13 heteroatoms. The van der Waals surface area contributed by atoms with Crippen LogP contribution < -0.4 is 27.8 Å². The zero-order valence-electron chi connectivity index (χ0n) is 17.3. The van der Waals surface area contributed by atoms with Gasteiger partial charge in [-0.3, -0.25) is 19.2 Å². The Hall–Kier alpha value is -2.77. The lowest BCUT2D eigenvalue weighted by Gasteiger charge is -2.28. The first kappa shape index (κ1) is 26.3. The molecule has 4 atom stereocenters. The summed E-state index contributed by atoms with van der Waals surface area (Å²) in [6.07, 6.45) is 2.10. The van der Waals surface area contributed by atoms with Gasteiger partial charge in [-0.1, -0.05) is 6.42 Å². The van der Waals surface area contributed by atoms with Crippen molar-refractivity contribution in [1.82, 2.24) is 15.5 Å². The fourth-order valence-electron chi connectivity index (χ4n) is 3.28. The molecule has 0 saturated carbocycles. The molecule has 4 unspecified atom stereocenters. The van der Waals surface area contributed by atoms with E-state index in [1.54, 1.807) is 0 Å². The highest BCUT2D eigenvalue weighted by molar-refractivity contribution is 5.95. The maximum atomic E-state index is 12.7. The van der Waals surface area contributed by atoms with Crippen LogP contribution in [0.15, 0.2) is 0 Å². The normalized spacial score (nSPS) is 18.7. The van der Waals surface area contributed by atoms with Crippen molar-refractivity contribution in [2.75, 3.05) is 19.7 Å². The molecule has 1 aliphatic rings. The third-order valence-corrected chi connectivity index (χ3v) is 4.96. The van der Waals surface area contributed by atoms with Crippen LogP contribution >= 0.6 is 0 Å². The van der Waals surface area contributed by atoms with Gasteiger partial charge in [-0.05, 0) is 32.2 Å². The summed E-state index contributed by atoms with van der Waals surface area (Å²) in [5.41, 5.74) is 16.3. The van der Waals surface area contributed by atoms with Crippen molar-refractivity contribution < 1.29 is 34.2 Å². The molecule has 1 heterocycles. The molecule has 0 aromatic rings. The van der Waals surface area contributed by atoms with E-state index in [1.165, 1.54) is 4.90 Å². The molecule has 0 spiro atoms. The topological polar surface area (TPSA) is 231 Å². The standard InChI is InChI=1S/C18H32N6O7/c19-6-2-1-4-10(20)17(29)24-7-3-5-13(24)16(28)23-12(9-25)15(27)22-11(18(30)31)8-14(21)26/h10-13,25H,1-9,19-20H2,(H2,21,26)(H,22,27)(H,23,28)(H,30,31). The second kappa shape index (κ2) is 12.8. The van der Waals surface area contributed by atoms with E-state index in [-0.39, 0.29) is 5.91 Å². The van der Waals surface area contributed by atoms with Gasteiger partial charge >= 0.3 is 5.97 Å². The third-order valence-electron chi connectivity index (χ3n) is 4.96. The lowest BCUT2D eigenvalue weighted by atomic mass is 10.1. The number of aliphatic hydroxyl groups excluding tert-OH is 1. The zero-order chi connectivity index (χ0) is 23.6. The van der Waals surface area contributed by atoms with E-state index < -0.39 is 60.9 Å². The second-order valence-electron chi connectivity index (χ2n) is 7.39. The van der Waals surface area contributed by atoms with Crippen LogP contribution in [0.2, 0.25) is 0 Å². The summed E-state index contributed by atoms with van der Waals surface area (Å²) in [6.45, 7) is -0.000601. The highest BCUT2D eigenvalue weighted by Gasteiger charge is 2.37. The molecule has 0 aliphatic carbocycles. The number of nitrogens with one attached hydrogen (secondary N) is 2. The highest BCUT2D eigenvalue weighted by atomic mass is 16.4. The summed E-state index contributed by atoms with van der Waals surface area (Å²) in [7, 11) is 0. The molecular formula is C18H32N6O7. The van der Waals surface area contributed by atoms with Crippen LogP contribution in [0.25, 0.3) is 0 Å². The average molecular weight is 444 g/mol. The van der Waals surface area contributed by atoms with Crippen LogP contribution in [0, 0.1) is 0 Å². The Balaban J connectivity index is 2.74. The number of aliphatic carboxylic acids is 1. The Kier molecular flexibility index (Phi) is 10.9. The number of primary amides is 1. The smallest absolute Gasteiger partial charge is 0.326 e. The minimum absolute atomic E-state index is 0.331. The van der Waals surface area contributed by atoms with Gasteiger partial charge in [0.1, 0.15) is 18.1 Å². The summed E-state index contributed by atoms with van der Waals surface area (Å²) in [5.74, 6) is -4.49. The van der Waals surface area contributed by atoms with Gasteiger partial charge in [0.05, 0.1) is 19.1 Å². The number of nitrogens with zero attached hydrogens (tertiary/aromatic N) is 1. The molecule has 1 fully saturated rings. The number of amides is 4. The largest absolute Gasteiger partial charge is 0.480 e. The second-order valence-corrected chi connectivity index (χ2v) is 7.39. The van der Waals surface area contributed by atoms with Crippen LogP contribution in [-0.4, -0.2) is 88.6 Å². The van der Waals surface area contributed by atoms with Crippen molar-refractivity contribution in [3.8, 4) is 0 Å². The molecule has 10 N–H and O–H groups in total. The number of likely N-dealkylation sites (tertiary alicyclic amines) is 1. The van der Waals surface area contributed by atoms with Gasteiger partial charge in [0.15, 0.2) is 0 Å². The Morgan fingerprint density at radius 2 is 1.77 bits per heavy atom. The highest BCUT2D eigenvalue weighted by Crippen LogP contribution is 2.19. The van der Waals surface area contributed by atoms with Gasteiger partial charge in [-0.25, -0.2) is 4.79 Å². The van der Waals surface area contributed by atoms with E-state index in [0.29, 0.717) is 38.8 Å². The Labute approximate surface area is 179 Å². The zero-order valence-corrected chi connectivity index (χ0v) is 17.3. The summed E-state index contributed by atoms with van der Waals surface area (Å²) in [5, 5.41) is 22.9. The number of hydrogen-bond donors (Lipinski definition) is 7. The maximum absolute atomic E-state index is 12.7. The average Bonchev–Trinajstić information content (AvgIpc) is 3.20. The number of aliphatic hydroxyl groups is 1. The van der Waals surface area contributed by atoms with E-state index in [1.807, 2.05) is 0 Å². The summed E-state index contributed by atoms with van der Waals surface area (Å²) >= 11 is 0. The monoisotopic (exact) mass is 444 g/mol. The van der Waals surface area contributed by atoms with Crippen molar-refractivity contribution in [3.63, 3.8) is 0 Å². The molecular weight excluding hydrogens is 412 g/mol. The molecule has 0 aromatic carbocycles. The van der Waals surface area contributed by atoms with Crippen LogP contribution in [0.5, 0.6) is 0 Å². The maximum Gasteiger partial charge on any atom is 0.326 e. The molecule has 1 aliphatic heterocycles. The summed E-state index contributed by atoms with van der Waals surface area (Å²) < 4.78 is 0. The predicted octanol–water partition coefficient (Wildman–Crippen LogP) is -3.64. The summed E-state index contributed by atoms with van der Waals surface area (Å²) in [6, 6.07) is -4.72. The lowest BCUT2D eigenvalue weighted by Crippen LogP contribution is -2.57. The number of rotatable bonds is 13. The van der Waals surface area contributed by atoms with Gasteiger partial charge in [-0.2, -0.15) is 0 Å². The van der Waals surface area contributed by atoms with Crippen LogP contribution in [0.1, 0.15) is 38.5 Å². The van der Waals surface area contributed by atoms with Crippen molar-refractivity contribution in [3.05, 3.63) is 0 Å². The molecule has 31 heavy (non-hydrogen) atoms. The van der Waals surface area contributed by atoms with E-state index in [9.17, 15) is 29.1 Å². The molecule has 176 valence electrons. The fourth-order valence-corrected chi connectivity index (χ4v) is 3.28. The Bertz CT molecular complexity index is 674. The molecule has 0 radical (unpaired) electrons. The van der Waals surface area contributed by atoms with Crippen molar-refractivity contribution >= 4 is 29.6 Å². The minimum atomic E-state index is -1.60. The van der Waals surface area contributed by atoms with Gasteiger partial charge in [0, 0.05) is 6.54 Å². The van der Waals surface area contributed by atoms with Gasteiger partial charge in [0.25, 0.3) is 0 Å². The number of nitrogens with two attached hydrogens (primary N) is 3. The SMILES string of the molecule is NCCCCC(N)C(=O)N1CCCC1C(=O)NC(CO)C(=O)NC(CC(N)=O)C(=O)O. The van der Waals surface area contributed by atoms with Gasteiger partial charge < -0.3 is 42.9 Å². The van der Waals surface area contributed by atoms with Gasteiger partial charge in [-0.15, -0.1) is 0 Å². The van der Waals surface area contributed by atoms with Crippen LogP contribution in [0.3, 0.4) is 0 Å². The van der Waals surface area contributed by atoms with Crippen molar-refractivity contribution in [2.45, 2.75) is 62.7 Å². The molecule has 13 nitrogen and oxygen atoms in total. The third kappa shape index (κ3) is 8.11. The molecule has 4 amide bonds. The van der Waals surface area contributed by atoms with Crippen LogP contribution in [-0.2, 0) is 24.0 Å². The molecule has 0 bridgehead atoms. The summed E-state index contributed by atoms with van der Waals surface area (Å²) in [4.78, 5) is 61.0. The van der Waals surface area contributed by atoms with E-state index in [2.05, 4.69) is 10.6 Å². The van der Waals surface area contributed by atoms with E-state index in [0.717, 1.165) is 6.42 Å². The van der Waals surface area contributed by atoms with Crippen molar-refractivity contribution in [1.29, 1.82) is 0 Å². The Morgan fingerprint density at radius 3 is 2.32 bits per heavy atom. The van der Waals surface area contributed by atoms with Crippen LogP contribution in [0.4, 0.5) is 0 Å². The minimum Gasteiger partial charge on any atom is -0.480 e. The first-order chi connectivity index (χ1) is 14.6. The molecule has 1 saturated heterocycles. The number of carboxylic acid groups (broad SMARTS) is 1. The van der Waals surface area contributed by atoms with E-state index in [4.69, 9.17) is 22.3 Å². The molecule has 1 rings (SSSR count). The first-order valence-electron chi connectivity index (χ1n) is 10.1. The molecule has 0 aromatic heterocycles. The number of carbonyl (C=O) groups excluding carboxylic acids is 4. The number of unbranched alkanes of at least 4 members (excludes halogenated alkanes) is 1. The van der Waals surface area contributed by atoms with Crippen molar-refractivity contribution in [2.24, 2.45) is 17.2 Å². The fraction of sp³-hybridized carbons (Fsp3) is 0.722.